The van der Waals surface area contributed by atoms with Crippen LogP contribution in [-0.2, 0) is 17.8 Å². The maximum Gasteiger partial charge on any atom is 0.151 e. The molecule has 4 nitrogen and oxygen atoms in total. The lowest BCUT2D eigenvalue weighted by atomic mass is 10.2. The SMILES string of the molecule is CCc1cc(Br)c2nc(C=N[S+]([O-])C(C)(C)C)cn2c1. The quantitative estimate of drug-likeness (QED) is 0.624. The van der Waals surface area contributed by atoms with Gasteiger partial charge in [-0.3, -0.25) is 0 Å². The van der Waals surface area contributed by atoms with Crippen LogP contribution in [0.4, 0.5) is 0 Å². The van der Waals surface area contributed by atoms with E-state index in [4.69, 9.17) is 0 Å². The van der Waals surface area contributed by atoms with Crippen molar-refractivity contribution >= 4 is 39.2 Å². The van der Waals surface area contributed by atoms with Crippen LogP contribution in [0.1, 0.15) is 39.0 Å². The monoisotopic (exact) mass is 355 g/mol. The molecule has 2 heterocycles. The fourth-order valence-electron chi connectivity index (χ4n) is 1.65. The number of pyridine rings is 1. The Bertz CT molecular complexity index is 646. The third kappa shape index (κ3) is 3.42. The van der Waals surface area contributed by atoms with Gasteiger partial charge in [0.1, 0.15) is 28.0 Å². The first-order valence-electron chi connectivity index (χ1n) is 6.44. The zero-order valence-corrected chi connectivity index (χ0v) is 14.5. The van der Waals surface area contributed by atoms with Gasteiger partial charge in [-0.1, -0.05) is 11.3 Å². The number of hydrogen-bond acceptors (Lipinski definition) is 3. The Morgan fingerprint density at radius 1 is 1.45 bits per heavy atom. The lowest BCUT2D eigenvalue weighted by molar-refractivity contribution is 0.562. The highest BCUT2D eigenvalue weighted by molar-refractivity contribution is 9.10. The second kappa shape index (κ2) is 5.87. The minimum Gasteiger partial charge on any atom is -0.591 e. The molecule has 0 bridgehead atoms. The van der Waals surface area contributed by atoms with Crippen molar-refractivity contribution in [3.63, 3.8) is 0 Å². The summed E-state index contributed by atoms with van der Waals surface area (Å²) >= 11 is 2.26. The number of fused-ring (bicyclic) bond motifs is 1. The summed E-state index contributed by atoms with van der Waals surface area (Å²) < 4.78 is 18.5. The highest BCUT2D eigenvalue weighted by atomic mass is 79.9. The van der Waals surface area contributed by atoms with Crippen molar-refractivity contribution in [3.8, 4) is 0 Å². The number of rotatable bonds is 3. The molecule has 1 unspecified atom stereocenters. The van der Waals surface area contributed by atoms with Crippen molar-refractivity contribution in [2.75, 3.05) is 0 Å². The summed E-state index contributed by atoms with van der Waals surface area (Å²) in [6.07, 6.45) is 6.48. The summed E-state index contributed by atoms with van der Waals surface area (Å²) in [7, 11) is 0. The highest BCUT2D eigenvalue weighted by Gasteiger charge is 2.25. The first-order valence-corrected chi connectivity index (χ1v) is 8.34. The molecule has 0 fully saturated rings. The van der Waals surface area contributed by atoms with E-state index in [1.807, 2.05) is 37.6 Å². The van der Waals surface area contributed by atoms with Gasteiger partial charge in [0.05, 0.1) is 4.47 Å². The Kier molecular flexibility index (Phi) is 4.56. The Morgan fingerprint density at radius 2 is 2.15 bits per heavy atom. The Hall–Kier alpha value is -0.850. The van der Waals surface area contributed by atoms with Crippen LogP contribution in [0.5, 0.6) is 0 Å². The molecule has 0 aliphatic carbocycles. The third-order valence-corrected chi connectivity index (χ3v) is 4.72. The molecule has 6 heteroatoms. The van der Waals surface area contributed by atoms with Crippen LogP contribution in [0.2, 0.25) is 0 Å². The molecule has 108 valence electrons. The summed E-state index contributed by atoms with van der Waals surface area (Å²) in [5.41, 5.74) is 2.77. The topological polar surface area (TPSA) is 52.7 Å². The summed E-state index contributed by atoms with van der Waals surface area (Å²) in [4.78, 5) is 4.47. The smallest absolute Gasteiger partial charge is 0.151 e. The molecule has 20 heavy (non-hydrogen) atoms. The first-order chi connectivity index (χ1) is 9.31. The lowest BCUT2D eigenvalue weighted by Crippen LogP contribution is -2.25. The molecule has 2 aromatic rings. The van der Waals surface area contributed by atoms with Crippen LogP contribution in [-0.4, -0.2) is 24.9 Å². The van der Waals surface area contributed by atoms with Gasteiger partial charge in [-0.2, -0.15) is 0 Å². The van der Waals surface area contributed by atoms with E-state index >= 15 is 0 Å². The minimum atomic E-state index is -1.26. The fraction of sp³-hybridized carbons (Fsp3) is 0.429. The third-order valence-electron chi connectivity index (χ3n) is 2.79. The zero-order chi connectivity index (χ0) is 14.9. The van der Waals surface area contributed by atoms with Gasteiger partial charge in [-0.15, -0.1) is 0 Å². The average Bonchev–Trinajstić information content (AvgIpc) is 2.78. The summed E-state index contributed by atoms with van der Waals surface area (Å²) in [6, 6.07) is 2.07. The fourth-order valence-corrected chi connectivity index (χ4v) is 2.75. The molecule has 0 aromatic carbocycles. The predicted molar refractivity (Wildman–Crippen MR) is 87.8 cm³/mol. The van der Waals surface area contributed by atoms with E-state index in [9.17, 15) is 4.55 Å². The molecule has 0 aliphatic heterocycles. The predicted octanol–water partition coefficient (Wildman–Crippen LogP) is 3.54. The van der Waals surface area contributed by atoms with Gasteiger partial charge in [0.15, 0.2) is 5.65 Å². The average molecular weight is 356 g/mol. The maximum absolute atomic E-state index is 11.9. The molecular weight excluding hydrogens is 338 g/mol. The number of hydrogen-bond donors (Lipinski definition) is 0. The summed E-state index contributed by atoms with van der Waals surface area (Å²) in [5, 5.41) is 0. The number of nitrogens with zero attached hydrogens (tertiary/aromatic N) is 3. The summed E-state index contributed by atoms with van der Waals surface area (Å²) in [6.45, 7) is 7.80. The number of aromatic nitrogens is 2. The standard InChI is InChI=1S/C14H18BrN3OS/c1-5-10-6-12(15)13-17-11(9-18(13)8-10)7-16-20(19)14(2,3)4/h6-9H,5H2,1-4H3. The van der Waals surface area contributed by atoms with E-state index in [0.29, 0.717) is 5.69 Å². The van der Waals surface area contributed by atoms with Gasteiger partial charge < -0.3 is 8.95 Å². The van der Waals surface area contributed by atoms with Gasteiger partial charge >= 0.3 is 0 Å². The zero-order valence-electron chi connectivity index (χ0n) is 12.1. The molecule has 0 spiro atoms. The van der Waals surface area contributed by atoms with Crippen LogP contribution in [0.15, 0.2) is 27.3 Å². The second-order valence-electron chi connectivity index (χ2n) is 5.54. The van der Waals surface area contributed by atoms with E-state index in [-0.39, 0.29) is 4.75 Å². The Balaban J connectivity index is 2.33. The largest absolute Gasteiger partial charge is 0.591 e. The van der Waals surface area contributed by atoms with E-state index in [0.717, 1.165) is 16.5 Å². The van der Waals surface area contributed by atoms with Gasteiger partial charge in [0.25, 0.3) is 0 Å². The number of halogens is 1. The van der Waals surface area contributed by atoms with Gasteiger partial charge in [-0.25, -0.2) is 4.98 Å². The van der Waals surface area contributed by atoms with E-state index in [1.165, 1.54) is 5.56 Å². The van der Waals surface area contributed by atoms with Crippen LogP contribution in [0.25, 0.3) is 5.65 Å². The molecular formula is C14H18BrN3OS. The van der Waals surface area contributed by atoms with E-state index in [1.54, 1.807) is 6.21 Å². The molecule has 0 amide bonds. The summed E-state index contributed by atoms with van der Waals surface area (Å²) in [5.74, 6) is 0. The van der Waals surface area contributed by atoms with Crippen molar-refractivity contribution in [2.45, 2.75) is 38.9 Å². The van der Waals surface area contributed by atoms with Crippen molar-refractivity contribution in [3.05, 3.63) is 34.2 Å². The number of aryl methyl sites for hydroxylation is 1. The van der Waals surface area contributed by atoms with Crippen LogP contribution in [0.3, 0.4) is 0 Å². The second-order valence-corrected chi connectivity index (χ2v) is 8.33. The van der Waals surface area contributed by atoms with Gasteiger partial charge in [0, 0.05) is 12.4 Å². The maximum atomic E-state index is 11.9. The van der Waals surface area contributed by atoms with Crippen molar-refractivity contribution in [2.24, 2.45) is 4.40 Å². The van der Waals surface area contributed by atoms with Crippen LogP contribution >= 0.6 is 15.9 Å². The van der Waals surface area contributed by atoms with Crippen molar-refractivity contribution < 1.29 is 4.55 Å². The van der Waals surface area contributed by atoms with Gasteiger partial charge in [0.2, 0.25) is 0 Å². The molecule has 0 aliphatic rings. The van der Waals surface area contributed by atoms with Gasteiger partial charge in [-0.05, 0) is 54.8 Å². The van der Waals surface area contributed by atoms with Crippen molar-refractivity contribution in [1.29, 1.82) is 0 Å². The molecule has 0 saturated heterocycles. The molecule has 1 atom stereocenters. The normalized spacial score (nSPS) is 14.3. The Morgan fingerprint density at radius 3 is 2.75 bits per heavy atom. The molecule has 2 rings (SSSR count). The van der Waals surface area contributed by atoms with E-state index < -0.39 is 11.4 Å². The highest BCUT2D eigenvalue weighted by Crippen LogP contribution is 2.20. The minimum absolute atomic E-state index is 0.356. The molecule has 0 radical (unpaired) electrons. The number of imidazole rings is 1. The Labute approximate surface area is 130 Å². The van der Waals surface area contributed by atoms with Crippen LogP contribution < -0.4 is 0 Å². The first kappa shape index (κ1) is 15.5. The molecule has 2 aromatic heterocycles. The van der Waals surface area contributed by atoms with E-state index in [2.05, 4.69) is 38.3 Å². The van der Waals surface area contributed by atoms with Crippen LogP contribution in [0, 0.1) is 0 Å². The molecule has 0 N–H and O–H groups in total. The lowest BCUT2D eigenvalue weighted by Gasteiger charge is -2.17. The molecule has 0 saturated carbocycles. The van der Waals surface area contributed by atoms with Crippen molar-refractivity contribution in [1.82, 2.24) is 9.38 Å².